The third-order valence-electron chi connectivity index (χ3n) is 3.70. The van der Waals surface area contributed by atoms with Crippen LogP contribution >= 0.6 is 7.82 Å². The third kappa shape index (κ3) is 3.54. The summed E-state index contributed by atoms with van der Waals surface area (Å²) in [7, 11) is -5.08. The molecule has 2 rings (SSSR count). The van der Waals surface area contributed by atoms with E-state index in [1.54, 1.807) is 6.92 Å². The molecule has 0 unspecified atom stereocenters. The molecule has 0 aliphatic carbocycles. The zero-order chi connectivity index (χ0) is 16.2. The topological polar surface area (TPSA) is 72.4 Å². The predicted octanol–water partition coefficient (Wildman–Crippen LogP) is 2.39. The van der Waals surface area contributed by atoms with Crippen molar-refractivity contribution in [1.82, 2.24) is 0 Å². The van der Waals surface area contributed by atoms with Gasteiger partial charge in [-0.1, -0.05) is 72.8 Å². The van der Waals surface area contributed by atoms with E-state index in [1.807, 2.05) is 60.7 Å². The average molecular weight is 316 g/mol. The van der Waals surface area contributed by atoms with E-state index in [4.69, 9.17) is 0 Å². The highest BCUT2D eigenvalue weighted by atomic mass is 31.2. The molecule has 0 fully saturated rings. The van der Waals surface area contributed by atoms with Crippen LogP contribution in [0.3, 0.4) is 0 Å². The minimum atomic E-state index is -5.08. The van der Waals surface area contributed by atoms with E-state index in [1.165, 1.54) is 0 Å². The van der Waals surface area contributed by atoms with Gasteiger partial charge in [-0.15, -0.1) is 0 Å². The maximum Gasteiger partial charge on any atom is 0.0693 e. The molecule has 0 N–H and O–H groups in total. The number of phosphoric ester groups is 1. The molecule has 0 bridgehead atoms. The fourth-order valence-corrected chi connectivity index (χ4v) is 2.92. The molecule has 4 nitrogen and oxygen atoms in total. The number of hydrogen-bond donors (Lipinski definition) is 0. The Balaban J connectivity index is 2.60. The van der Waals surface area contributed by atoms with E-state index in [-0.39, 0.29) is 6.61 Å². The van der Waals surface area contributed by atoms with Gasteiger partial charge in [0.1, 0.15) is 0 Å². The van der Waals surface area contributed by atoms with Crippen molar-refractivity contribution in [3.63, 3.8) is 0 Å². The van der Waals surface area contributed by atoms with Gasteiger partial charge in [-0.2, -0.15) is 0 Å². The second-order valence-electron chi connectivity index (χ2n) is 5.14. The van der Waals surface area contributed by atoms with E-state index in [9.17, 15) is 14.4 Å². The monoisotopic (exact) mass is 316 g/mol. The molecular weight excluding hydrogens is 299 g/mol. The molecule has 0 radical (unpaired) electrons. The summed E-state index contributed by atoms with van der Waals surface area (Å²) in [5.74, 6) is 0. The first-order valence-corrected chi connectivity index (χ1v) is 8.26. The van der Waals surface area contributed by atoms with E-state index >= 15 is 0 Å². The van der Waals surface area contributed by atoms with Crippen LogP contribution in [0.5, 0.6) is 0 Å². The molecule has 0 amide bonds. The van der Waals surface area contributed by atoms with Crippen LogP contribution in [0.1, 0.15) is 18.1 Å². The predicted molar refractivity (Wildman–Crippen MR) is 82.0 cm³/mol. The minimum absolute atomic E-state index is 0.305. The first kappa shape index (κ1) is 16.7. The zero-order valence-corrected chi connectivity index (χ0v) is 13.2. The van der Waals surface area contributed by atoms with Crippen molar-refractivity contribution in [3.05, 3.63) is 83.9 Å². The van der Waals surface area contributed by atoms with Crippen molar-refractivity contribution in [3.8, 4) is 0 Å². The Morgan fingerprint density at radius 1 is 1.05 bits per heavy atom. The van der Waals surface area contributed by atoms with Gasteiger partial charge in [-0.05, 0) is 18.1 Å². The standard InChI is InChI=1S/C17H19O4P/c1-14(2)17(13-21-22(18,19)20,15-9-5-3-6-10-15)16-11-7-4-8-12-16/h3-12H,1,13H2,2H3,(H2,18,19,20)/p-2. The van der Waals surface area contributed by atoms with Crippen molar-refractivity contribution < 1.29 is 18.9 Å². The number of rotatable bonds is 6. The van der Waals surface area contributed by atoms with Crippen LogP contribution in [0, 0.1) is 0 Å². The quantitative estimate of drug-likeness (QED) is 0.606. The van der Waals surface area contributed by atoms with Gasteiger partial charge in [0.15, 0.2) is 0 Å². The Hall–Kier alpha value is -1.71. The Bertz CT molecular complexity index is 637. The van der Waals surface area contributed by atoms with Gasteiger partial charge in [-0.3, -0.25) is 0 Å². The Morgan fingerprint density at radius 2 is 1.45 bits per heavy atom. The molecule has 2 aromatic rings. The number of hydrogen-bond acceptors (Lipinski definition) is 4. The largest absolute Gasteiger partial charge is 0.790 e. The molecule has 2 aromatic carbocycles. The lowest BCUT2D eigenvalue weighted by Gasteiger charge is -2.39. The van der Waals surface area contributed by atoms with Crippen molar-refractivity contribution in [2.24, 2.45) is 0 Å². The fourth-order valence-electron chi connectivity index (χ4n) is 2.57. The smallest absolute Gasteiger partial charge is 0.0693 e. The van der Waals surface area contributed by atoms with Gasteiger partial charge >= 0.3 is 0 Å². The summed E-state index contributed by atoms with van der Waals surface area (Å²) < 4.78 is 15.6. The molecule has 0 aromatic heterocycles. The van der Waals surface area contributed by atoms with Crippen LogP contribution in [-0.4, -0.2) is 6.61 Å². The second kappa shape index (κ2) is 6.59. The van der Waals surface area contributed by atoms with Crippen LogP contribution < -0.4 is 9.79 Å². The van der Waals surface area contributed by atoms with E-state index in [2.05, 4.69) is 11.1 Å². The maximum atomic E-state index is 11.0. The molecule has 0 saturated heterocycles. The van der Waals surface area contributed by atoms with Crippen molar-refractivity contribution in [2.75, 3.05) is 6.61 Å². The summed E-state index contributed by atoms with van der Waals surface area (Å²) in [5, 5.41) is 0. The lowest BCUT2D eigenvalue weighted by atomic mass is 9.70. The molecule has 0 heterocycles. The summed E-state index contributed by atoms with van der Waals surface area (Å²) in [5.41, 5.74) is 1.44. The Morgan fingerprint density at radius 3 is 1.77 bits per heavy atom. The van der Waals surface area contributed by atoms with E-state index in [0.717, 1.165) is 11.1 Å². The summed E-state index contributed by atoms with van der Waals surface area (Å²) in [6, 6.07) is 18.6. The molecule has 0 atom stereocenters. The zero-order valence-electron chi connectivity index (χ0n) is 12.3. The van der Waals surface area contributed by atoms with Gasteiger partial charge in [0.25, 0.3) is 0 Å². The molecule has 0 saturated carbocycles. The Labute approximate surface area is 130 Å². The third-order valence-corrected chi connectivity index (χ3v) is 4.15. The van der Waals surface area contributed by atoms with Crippen LogP contribution in [0.2, 0.25) is 0 Å². The van der Waals surface area contributed by atoms with Crippen molar-refractivity contribution in [2.45, 2.75) is 12.3 Å². The lowest BCUT2D eigenvalue weighted by molar-refractivity contribution is -0.342. The van der Waals surface area contributed by atoms with Crippen LogP contribution in [-0.2, 0) is 14.5 Å². The first-order valence-electron chi connectivity index (χ1n) is 6.80. The highest BCUT2D eigenvalue weighted by Crippen LogP contribution is 2.41. The summed E-state index contributed by atoms with van der Waals surface area (Å²) in [4.78, 5) is 22.0. The maximum absolute atomic E-state index is 11.0. The fraction of sp³-hybridized carbons (Fsp3) is 0.176. The number of benzene rings is 2. The van der Waals surface area contributed by atoms with Crippen molar-refractivity contribution in [1.29, 1.82) is 0 Å². The second-order valence-corrected chi connectivity index (χ2v) is 6.29. The molecular formula is C17H17O4P-2. The lowest BCUT2D eigenvalue weighted by Crippen LogP contribution is -2.35. The van der Waals surface area contributed by atoms with Gasteiger partial charge in [0, 0.05) is 0 Å². The Kier molecular flexibility index (Phi) is 4.99. The van der Waals surface area contributed by atoms with Crippen molar-refractivity contribution >= 4 is 7.82 Å². The molecule has 0 aliphatic heterocycles. The van der Waals surface area contributed by atoms with Gasteiger partial charge in [0.05, 0.1) is 19.8 Å². The highest BCUT2D eigenvalue weighted by Gasteiger charge is 2.35. The van der Waals surface area contributed by atoms with Crippen LogP contribution in [0.4, 0.5) is 0 Å². The molecule has 0 spiro atoms. The van der Waals surface area contributed by atoms with E-state index < -0.39 is 13.2 Å². The number of phosphoric acid groups is 1. The van der Waals surface area contributed by atoms with Gasteiger partial charge < -0.3 is 18.9 Å². The van der Waals surface area contributed by atoms with Crippen LogP contribution in [0.15, 0.2) is 72.8 Å². The van der Waals surface area contributed by atoms with E-state index in [0.29, 0.717) is 5.57 Å². The normalized spacial score (nSPS) is 12.1. The molecule has 0 aliphatic rings. The summed E-state index contributed by atoms with van der Waals surface area (Å²) >= 11 is 0. The van der Waals surface area contributed by atoms with Gasteiger partial charge in [-0.25, -0.2) is 0 Å². The molecule has 116 valence electrons. The summed E-state index contributed by atoms with van der Waals surface area (Å²) in [6.07, 6.45) is 0. The SMILES string of the molecule is C=C(C)C(COP(=O)([O-])[O-])(c1ccccc1)c1ccccc1. The minimum Gasteiger partial charge on any atom is -0.790 e. The first-order chi connectivity index (χ1) is 10.4. The summed E-state index contributed by atoms with van der Waals surface area (Å²) in [6.45, 7) is 5.50. The van der Waals surface area contributed by atoms with Crippen LogP contribution in [0.25, 0.3) is 0 Å². The molecule has 5 heteroatoms. The van der Waals surface area contributed by atoms with Gasteiger partial charge in [0.2, 0.25) is 0 Å². The highest BCUT2D eigenvalue weighted by molar-refractivity contribution is 7.43. The average Bonchev–Trinajstić information content (AvgIpc) is 2.49. The molecule has 22 heavy (non-hydrogen) atoms.